The quantitative estimate of drug-likeness (QED) is 0.698. The zero-order valence-corrected chi connectivity index (χ0v) is 8.49. The van der Waals surface area contributed by atoms with E-state index < -0.39 is 0 Å². The molecule has 1 amide bonds. The Morgan fingerprint density at radius 1 is 1.38 bits per heavy atom. The lowest BCUT2D eigenvalue weighted by Gasteiger charge is -2.13. The summed E-state index contributed by atoms with van der Waals surface area (Å²) < 4.78 is 0.544. The van der Waals surface area contributed by atoms with Gasteiger partial charge in [0.1, 0.15) is 0 Å². The Kier molecular flexibility index (Phi) is 2.26. The number of amides is 1. The van der Waals surface area contributed by atoms with Crippen molar-refractivity contribution in [1.82, 2.24) is 9.97 Å². The SMILES string of the molecule is O=C1CCCN1c1cnc(Br)nc1. The molecule has 0 aromatic carbocycles. The van der Waals surface area contributed by atoms with Crippen LogP contribution in [-0.2, 0) is 4.79 Å². The number of nitrogens with zero attached hydrogens (tertiary/aromatic N) is 3. The van der Waals surface area contributed by atoms with Crippen LogP contribution in [0.3, 0.4) is 0 Å². The fourth-order valence-electron chi connectivity index (χ4n) is 1.37. The van der Waals surface area contributed by atoms with E-state index in [0.29, 0.717) is 11.2 Å². The minimum atomic E-state index is 0.158. The van der Waals surface area contributed by atoms with Gasteiger partial charge in [0.15, 0.2) is 4.73 Å². The molecule has 0 radical (unpaired) electrons. The third kappa shape index (κ3) is 1.70. The molecule has 1 aromatic heterocycles. The Bertz CT molecular complexity index is 325. The largest absolute Gasteiger partial charge is 0.310 e. The van der Waals surface area contributed by atoms with Crippen molar-refractivity contribution in [2.24, 2.45) is 0 Å². The van der Waals surface area contributed by atoms with Crippen LogP contribution in [0.4, 0.5) is 5.69 Å². The standard InChI is InChI=1S/C8H8BrN3O/c9-8-10-4-6(5-11-8)12-3-1-2-7(12)13/h4-5H,1-3H2. The predicted molar refractivity (Wildman–Crippen MR) is 51.3 cm³/mol. The van der Waals surface area contributed by atoms with Crippen LogP contribution in [0, 0.1) is 0 Å². The molecule has 2 heterocycles. The van der Waals surface area contributed by atoms with Crippen molar-refractivity contribution >= 4 is 27.5 Å². The van der Waals surface area contributed by atoms with Crippen molar-refractivity contribution in [3.05, 3.63) is 17.1 Å². The average Bonchev–Trinajstić information content (AvgIpc) is 2.53. The van der Waals surface area contributed by atoms with Crippen LogP contribution in [0.1, 0.15) is 12.8 Å². The lowest BCUT2D eigenvalue weighted by atomic mass is 10.4. The molecule has 0 unspecified atom stereocenters. The summed E-state index contributed by atoms with van der Waals surface area (Å²) in [7, 11) is 0. The van der Waals surface area contributed by atoms with Crippen LogP contribution in [0.15, 0.2) is 17.1 Å². The summed E-state index contributed by atoms with van der Waals surface area (Å²) in [4.78, 5) is 21.0. The van der Waals surface area contributed by atoms with E-state index in [2.05, 4.69) is 25.9 Å². The summed E-state index contributed by atoms with van der Waals surface area (Å²) in [5.74, 6) is 0.158. The molecule has 68 valence electrons. The highest BCUT2D eigenvalue weighted by Gasteiger charge is 2.21. The Balaban J connectivity index is 2.25. The molecule has 1 saturated heterocycles. The predicted octanol–water partition coefficient (Wildman–Crippen LogP) is 1.37. The number of rotatable bonds is 1. The molecule has 2 rings (SSSR count). The summed E-state index contributed by atoms with van der Waals surface area (Å²) in [6.07, 6.45) is 4.87. The van der Waals surface area contributed by atoms with Crippen LogP contribution in [0.5, 0.6) is 0 Å². The first-order valence-corrected chi connectivity index (χ1v) is 4.84. The van der Waals surface area contributed by atoms with E-state index in [9.17, 15) is 4.79 Å². The zero-order chi connectivity index (χ0) is 9.26. The van der Waals surface area contributed by atoms with Gasteiger partial charge in [0, 0.05) is 13.0 Å². The van der Waals surface area contributed by atoms with Gasteiger partial charge in [-0.25, -0.2) is 9.97 Å². The fraction of sp³-hybridized carbons (Fsp3) is 0.375. The van der Waals surface area contributed by atoms with E-state index in [0.717, 1.165) is 18.7 Å². The lowest BCUT2D eigenvalue weighted by molar-refractivity contribution is -0.117. The first-order valence-electron chi connectivity index (χ1n) is 4.05. The molecule has 0 bridgehead atoms. The highest BCUT2D eigenvalue weighted by atomic mass is 79.9. The van der Waals surface area contributed by atoms with Crippen molar-refractivity contribution in [1.29, 1.82) is 0 Å². The molecule has 13 heavy (non-hydrogen) atoms. The second kappa shape index (κ2) is 3.41. The maximum Gasteiger partial charge on any atom is 0.227 e. The van der Waals surface area contributed by atoms with E-state index in [4.69, 9.17) is 0 Å². The molecule has 0 N–H and O–H groups in total. The highest BCUT2D eigenvalue weighted by Crippen LogP contribution is 2.19. The van der Waals surface area contributed by atoms with Crippen molar-refractivity contribution < 1.29 is 4.79 Å². The van der Waals surface area contributed by atoms with Crippen molar-refractivity contribution in [2.75, 3.05) is 11.4 Å². The number of anilines is 1. The molecule has 0 saturated carbocycles. The van der Waals surface area contributed by atoms with Gasteiger partial charge >= 0.3 is 0 Å². The van der Waals surface area contributed by atoms with Crippen LogP contribution in [0.2, 0.25) is 0 Å². The maximum atomic E-state index is 11.3. The maximum absolute atomic E-state index is 11.3. The van der Waals surface area contributed by atoms with E-state index in [1.54, 1.807) is 17.3 Å². The molecular weight excluding hydrogens is 234 g/mol. The smallest absolute Gasteiger partial charge is 0.227 e. The lowest BCUT2D eigenvalue weighted by Crippen LogP contribution is -2.23. The second-order valence-corrected chi connectivity index (χ2v) is 3.57. The van der Waals surface area contributed by atoms with E-state index in [-0.39, 0.29) is 5.91 Å². The molecule has 0 atom stereocenters. The Morgan fingerprint density at radius 3 is 2.62 bits per heavy atom. The number of carbonyl (C=O) groups is 1. The summed E-state index contributed by atoms with van der Waals surface area (Å²) in [6, 6.07) is 0. The third-order valence-electron chi connectivity index (χ3n) is 1.99. The monoisotopic (exact) mass is 241 g/mol. The molecule has 0 aliphatic carbocycles. The molecule has 4 nitrogen and oxygen atoms in total. The third-order valence-corrected chi connectivity index (χ3v) is 2.40. The van der Waals surface area contributed by atoms with Gasteiger partial charge < -0.3 is 4.90 Å². The molecule has 5 heteroatoms. The second-order valence-electron chi connectivity index (χ2n) is 2.86. The first-order chi connectivity index (χ1) is 6.27. The molecule has 1 aliphatic rings. The van der Waals surface area contributed by atoms with E-state index in [1.165, 1.54) is 0 Å². The minimum absolute atomic E-state index is 0.158. The summed E-state index contributed by atoms with van der Waals surface area (Å²) in [6.45, 7) is 0.782. The molecule has 1 aliphatic heterocycles. The van der Waals surface area contributed by atoms with Gasteiger partial charge in [0.25, 0.3) is 0 Å². The van der Waals surface area contributed by atoms with Crippen LogP contribution in [0.25, 0.3) is 0 Å². The summed E-state index contributed by atoms with van der Waals surface area (Å²) in [5, 5.41) is 0. The van der Waals surface area contributed by atoms with Gasteiger partial charge in [-0.2, -0.15) is 0 Å². The Morgan fingerprint density at radius 2 is 2.08 bits per heavy atom. The number of hydrogen-bond donors (Lipinski definition) is 0. The number of carbonyl (C=O) groups excluding carboxylic acids is 1. The van der Waals surface area contributed by atoms with Crippen molar-refractivity contribution in [3.8, 4) is 0 Å². The highest BCUT2D eigenvalue weighted by molar-refractivity contribution is 9.10. The Hall–Kier alpha value is -0.970. The summed E-state index contributed by atoms with van der Waals surface area (Å²) in [5.41, 5.74) is 0.783. The normalized spacial score (nSPS) is 16.7. The Labute approximate surface area is 84.1 Å². The van der Waals surface area contributed by atoms with Gasteiger partial charge in [-0.3, -0.25) is 4.79 Å². The molecule has 1 fully saturated rings. The van der Waals surface area contributed by atoms with Crippen LogP contribution in [-0.4, -0.2) is 22.4 Å². The van der Waals surface area contributed by atoms with E-state index in [1.807, 2.05) is 0 Å². The van der Waals surface area contributed by atoms with Crippen LogP contribution < -0.4 is 4.90 Å². The topological polar surface area (TPSA) is 46.1 Å². The van der Waals surface area contributed by atoms with Crippen LogP contribution >= 0.6 is 15.9 Å². The number of halogens is 1. The minimum Gasteiger partial charge on any atom is -0.310 e. The van der Waals surface area contributed by atoms with E-state index >= 15 is 0 Å². The zero-order valence-electron chi connectivity index (χ0n) is 6.90. The molecule has 0 spiro atoms. The van der Waals surface area contributed by atoms with Gasteiger partial charge in [0.05, 0.1) is 18.1 Å². The van der Waals surface area contributed by atoms with Gasteiger partial charge in [-0.05, 0) is 22.4 Å². The van der Waals surface area contributed by atoms with Crippen molar-refractivity contribution in [2.45, 2.75) is 12.8 Å². The number of aromatic nitrogens is 2. The molecule has 1 aromatic rings. The van der Waals surface area contributed by atoms with Gasteiger partial charge in [-0.1, -0.05) is 0 Å². The average molecular weight is 242 g/mol. The molecular formula is C8H8BrN3O. The van der Waals surface area contributed by atoms with Gasteiger partial charge in [-0.15, -0.1) is 0 Å². The summed E-state index contributed by atoms with van der Waals surface area (Å²) >= 11 is 3.14. The van der Waals surface area contributed by atoms with Crippen molar-refractivity contribution in [3.63, 3.8) is 0 Å². The van der Waals surface area contributed by atoms with Gasteiger partial charge in [0.2, 0.25) is 5.91 Å². The number of hydrogen-bond acceptors (Lipinski definition) is 3. The first kappa shape index (κ1) is 8.62. The fourth-order valence-corrected chi connectivity index (χ4v) is 1.57.